The molecule has 0 aliphatic carbocycles. The summed E-state index contributed by atoms with van der Waals surface area (Å²) >= 11 is 0. The van der Waals surface area contributed by atoms with Crippen molar-refractivity contribution in [1.29, 1.82) is 5.26 Å². The first-order valence-electron chi connectivity index (χ1n) is 20.3. The van der Waals surface area contributed by atoms with Gasteiger partial charge in [-0.2, -0.15) is 5.26 Å². The summed E-state index contributed by atoms with van der Waals surface area (Å²) in [7, 11) is 1.41. The molecule has 4 atom stereocenters. The van der Waals surface area contributed by atoms with Crippen molar-refractivity contribution in [2.75, 3.05) is 46.4 Å². The molecule has 1 aliphatic heterocycles. The lowest BCUT2D eigenvalue weighted by molar-refractivity contribution is -0.141. The molecule has 10 N–H and O–H groups in total. The predicted octanol–water partition coefficient (Wildman–Crippen LogP) is 0.665. The second-order valence-electron chi connectivity index (χ2n) is 15.8. The van der Waals surface area contributed by atoms with Crippen LogP contribution in [0.15, 0.2) is 36.4 Å². The largest absolute Gasteiger partial charge is 0.492 e. The normalized spacial score (nSPS) is 16.8. The van der Waals surface area contributed by atoms with Crippen molar-refractivity contribution in [3.05, 3.63) is 70.3 Å². The number of hydrogen-bond acceptors (Lipinski definition) is 13. The van der Waals surface area contributed by atoms with Gasteiger partial charge in [-0.05, 0) is 95.8 Å². The molecular weight excluding hydrogens is 795 g/mol. The number of hydrogen-bond donors (Lipinski definition) is 7. The first-order valence-corrected chi connectivity index (χ1v) is 20.3. The number of amides is 5. The molecule has 1 aromatic heterocycles. The lowest BCUT2D eigenvalue weighted by atomic mass is 9.93. The highest BCUT2D eigenvalue weighted by Crippen LogP contribution is 2.40. The molecule has 0 radical (unpaired) electrons. The van der Waals surface area contributed by atoms with Gasteiger partial charge in [0.25, 0.3) is 5.91 Å². The Hall–Kier alpha value is -6.60. The van der Waals surface area contributed by atoms with E-state index in [-0.39, 0.29) is 69.0 Å². The third-order valence-electron chi connectivity index (χ3n) is 9.66. The fourth-order valence-electron chi connectivity index (χ4n) is 6.70. The van der Waals surface area contributed by atoms with E-state index in [4.69, 9.17) is 31.9 Å². The summed E-state index contributed by atoms with van der Waals surface area (Å²) in [6.45, 7) is 11.0. The maximum atomic E-state index is 14.6. The second-order valence-corrected chi connectivity index (χ2v) is 15.8. The lowest BCUT2D eigenvalue weighted by Crippen LogP contribution is -2.56. The molecule has 4 bridgehead atoms. The smallest absolute Gasteiger partial charge is 0.255 e. The van der Waals surface area contributed by atoms with Crippen LogP contribution in [-0.4, -0.2) is 109 Å². The van der Waals surface area contributed by atoms with Crippen molar-refractivity contribution in [2.24, 2.45) is 22.6 Å². The van der Waals surface area contributed by atoms with Crippen molar-refractivity contribution >= 4 is 29.5 Å². The summed E-state index contributed by atoms with van der Waals surface area (Å²) < 4.78 is 12.2. The molecule has 0 fully saturated rings. The molecule has 18 nitrogen and oxygen atoms in total. The molecule has 62 heavy (non-hydrogen) atoms. The number of nitrogens with one attached hydrogen (secondary N) is 4. The van der Waals surface area contributed by atoms with Crippen LogP contribution in [0.25, 0.3) is 11.1 Å². The van der Waals surface area contributed by atoms with Gasteiger partial charge in [-0.25, -0.2) is 9.97 Å². The van der Waals surface area contributed by atoms with Gasteiger partial charge in [0.15, 0.2) is 0 Å². The number of fused-ring (bicyclic) bond motifs is 5. The zero-order chi connectivity index (χ0) is 45.7. The third kappa shape index (κ3) is 12.5. The van der Waals surface area contributed by atoms with Crippen LogP contribution in [0.2, 0.25) is 0 Å². The van der Waals surface area contributed by atoms with E-state index in [2.05, 4.69) is 43.1 Å². The number of aromatic nitrogens is 2. The number of ether oxygens (including phenoxy) is 2. The van der Waals surface area contributed by atoms with E-state index < -0.39 is 53.7 Å². The van der Waals surface area contributed by atoms with Crippen molar-refractivity contribution in [3.63, 3.8) is 0 Å². The van der Waals surface area contributed by atoms with Crippen molar-refractivity contribution in [3.8, 4) is 40.5 Å². The van der Waals surface area contributed by atoms with Crippen molar-refractivity contribution < 1.29 is 33.4 Å². The topological polar surface area (TPSA) is 283 Å². The van der Waals surface area contributed by atoms with Crippen LogP contribution in [0.5, 0.6) is 11.5 Å². The predicted molar refractivity (Wildman–Crippen MR) is 231 cm³/mol. The molecule has 18 heteroatoms. The standard InChI is InChI=1S/C44H57N11O7/c1-25-37(26(2)51-36(50-25)12-14-44(4,5)6)41(58)53-32(13-15-45)43(60)55(7)38-29-9-11-35(62-21-18-48)31(24-29)30-22-28(8-10-34(30)61-20-17-47)23-33(40(57)49-19-16-46)54-39(56)27(3)52-42(38)59/h8-11,22,24,27,32-33,38H,13,15,17-21,23,45,47-48H2,1-7H3,(H,49,57)(H,52,59)(H,53,58)(H,54,56)/t27-,32?,33-,38-/m0/s1. The number of aryl methyl sites for hydroxylation is 2. The lowest BCUT2D eigenvalue weighted by Gasteiger charge is -2.32. The minimum absolute atomic E-state index is 0.00124. The quantitative estimate of drug-likeness (QED) is 0.0869. The van der Waals surface area contributed by atoms with Gasteiger partial charge in [0.1, 0.15) is 55.4 Å². The average Bonchev–Trinajstić information content (AvgIpc) is 3.22. The summed E-state index contributed by atoms with van der Waals surface area (Å²) in [6, 6.07) is 6.99. The van der Waals surface area contributed by atoms with Crippen molar-refractivity contribution in [2.45, 2.75) is 78.6 Å². The van der Waals surface area contributed by atoms with Gasteiger partial charge < -0.3 is 52.8 Å². The number of likely N-dealkylation sites (N-methyl/N-ethyl adjacent to an activating group) is 1. The fraction of sp³-hybridized carbons (Fsp3) is 0.455. The molecule has 5 amide bonds. The molecule has 1 aliphatic rings. The van der Waals surface area contributed by atoms with E-state index in [9.17, 15) is 24.0 Å². The van der Waals surface area contributed by atoms with Gasteiger partial charge in [-0.3, -0.25) is 24.0 Å². The summed E-state index contributed by atoms with van der Waals surface area (Å²) in [6.07, 6.45) is -0.00158. The highest BCUT2D eigenvalue weighted by molar-refractivity contribution is 6.00. The second kappa shape index (κ2) is 21.8. The van der Waals surface area contributed by atoms with Crippen LogP contribution in [0.4, 0.5) is 0 Å². The number of nitrogens with zero attached hydrogens (tertiary/aromatic N) is 4. The molecule has 3 aromatic rings. The van der Waals surface area contributed by atoms with E-state index in [1.807, 2.05) is 26.8 Å². The minimum atomic E-state index is -1.40. The van der Waals surface area contributed by atoms with Gasteiger partial charge in [0.05, 0.1) is 23.0 Å². The van der Waals surface area contributed by atoms with Crippen LogP contribution in [0, 0.1) is 42.4 Å². The first-order chi connectivity index (χ1) is 29.4. The average molecular weight is 852 g/mol. The maximum absolute atomic E-state index is 14.6. The molecule has 0 saturated heterocycles. The van der Waals surface area contributed by atoms with E-state index in [0.29, 0.717) is 45.1 Å². The Balaban J connectivity index is 1.86. The Bertz CT molecular complexity index is 2230. The number of nitriles is 1. The highest BCUT2D eigenvalue weighted by Gasteiger charge is 2.36. The minimum Gasteiger partial charge on any atom is -0.492 e. The van der Waals surface area contributed by atoms with Gasteiger partial charge in [-0.15, -0.1) is 0 Å². The highest BCUT2D eigenvalue weighted by atomic mass is 16.5. The Labute approximate surface area is 362 Å². The molecule has 2 heterocycles. The summed E-state index contributed by atoms with van der Waals surface area (Å²) in [5.74, 6) is 3.67. The van der Waals surface area contributed by atoms with Crippen LogP contribution >= 0.6 is 0 Å². The molecule has 4 rings (SSSR count). The molecular formula is C44H57N11O7. The SMILES string of the molecule is Cc1nc(C#CC(C)(C)C)nc(C)c1C(=O)NC(CCN)C(=O)N(C)[C@@H]1C(=O)N[C@@H](C)C(=O)N[C@H](C(=O)NCC#N)Cc2ccc(OCCN)c(c2)-c2cc1ccc2OCCN. The molecule has 0 saturated carbocycles. The van der Waals surface area contributed by atoms with E-state index in [1.165, 1.54) is 18.9 Å². The number of nitrogens with two attached hydrogens (primary N) is 3. The number of carbonyl (C=O) groups excluding carboxylic acids is 5. The van der Waals surface area contributed by atoms with Crippen molar-refractivity contribution in [1.82, 2.24) is 36.1 Å². The van der Waals surface area contributed by atoms with Gasteiger partial charge in [0.2, 0.25) is 29.5 Å². The van der Waals surface area contributed by atoms with Crippen LogP contribution in [0.1, 0.15) is 78.9 Å². The zero-order valence-electron chi connectivity index (χ0n) is 36.3. The monoisotopic (exact) mass is 851 g/mol. The van der Waals surface area contributed by atoms with Crippen LogP contribution in [0.3, 0.4) is 0 Å². The van der Waals surface area contributed by atoms with Gasteiger partial charge >= 0.3 is 0 Å². The number of rotatable bonds is 14. The third-order valence-corrected chi connectivity index (χ3v) is 9.66. The Morgan fingerprint density at radius 3 is 2.13 bits per heavy atom. The Morgan fingerprint density at radius 1 is 0.935 bits per heavy atom. The van der Waals surface area contributed by atoms with Crippen LogP contribution < -0.4 is 47.9 Å². The molecule has 330 valence electrons. The summed E-state index contributed by atoms with van der Waals surface area (Å²) in [5.41, 5.74) is 20.0. The molecule has 2 aromatic carbocycles. The molecule has 0 spiro atoms. The van der Waals surface area contributed by atoms with Gasteiger partial charge in [0, 0.05) is 43.1 Å². The van der Waals surface area contributed by atoms with Gasteiger partial charge in [-0.1, -0.05) is 18.1 Å². The van der Waals surface area contributed by atoms with E-state index >= 15 is 0 Å². The van der Waals surface area contributed by atoms with Crippen LogP contribution in [-0.2, 0) is 25.6 Å². The summed E-state index contributed by atoms with van der Waals surface area (Å²) in [4.78, 5) is 80.0. The number of carbonyl (C=O) groups is 5. The summed E-state index contributed by atoms with van der Waals surface area (Å²) in [5, 5.41) is 19.8. The Kier molecular flexibility index (Phi) is 16.9. The van der Waals surface area contributed by atoms with E-state index in [1.54, 1.807) is 50.2 Å². The maximum Gasteiger partial charge on any atom is 0.255 e. The first kappa shape index (κ1) is 48.1. The Morgan fingerprint density at radius 2 is 1.55 bits per heavy atom. The fourth-order valence-corrected chi connectivity index (χ4v) is 6.70. The zero-order valence-corrected chi connectivity index (χ0v) is 36.3. The number of benzene rings is 2. The van der Waals surface area contributed by atoms with E-state index in [0.717, 1.165) is 0 Å². The molecule has 1 unspecified atom stereocenters.